The van der Waals surface area contributed by atoms with Gasteiger partial charge >= 0.3 is 0 Å². The highest BCUT2D eigenvalue weighted by molar-refractivity contribution is 7.89. The minimum absolute atomic E-state index is 0.0104. The van der Waals surface area contributed by atoms with Crippen LogP contribution >= 0.6 is 0 Å². The van der Waals surface area contributed by atoms with Crippen LogP contribution in [0, 0.1) is 0 Å². The smallest absolute Gasteiger partial charge is 0.211 e. The highest BCUT2D eigenvalue weighted by Crippen LogP contribution is 1.84. The molecule has 5 heteroatoms. The zero-order valence-electron chi connectivity index (χ0n) is 6.75. The van der Waals surface area contributed by atoms with E-state index in [1.54, 1.807) is 6.92 Å². The van der Waals surface area contributed by atoms with Gasteiger partial charge in [0.05, 0.1) is 5.75 Å². The van der Waals surface area contributed by atoms with Crippen LogP contribution in [0.25, 0.3) is 0 Å². The second kappa shape index (κ2) is 4.46. The van der Waals surface area contributed by atoms with Gasteiger partial charge in [0.25, 0.3) is 0 Å². The van der Waals surface area contributed by atoms with Gasteiger partial charge in [0.15, 0.2) is 0 Å². The summed E-state index contributed by atoms with van der Waals surface area (Å²) in [5.74, 6) is 0.0501. The zero-order chi connectivity index (χ0) is 8.91. The van der Waals surface area contributed by atoms with E-state index in [0.29, 0.717) is 0 Å². The van der Waals surface area contributed by atoms with Crippen molar-refractivity contribution >= 4 is 15.8 Å². The lowest BCUT2D eigenvalue weighted by Crippen LogP contribution is -2.27. The summed E-state index contributed by atoms with van der Waals surface area (Å²) in [4.78, 5) is 10.4. The molecule has 0 aromatic heterocycles. The molecule has 0 bridgehead atoms. The normalized spacial score (nSPS) is 11.5. The number of hydrogen-bond acceptors (Lipinski definition) is 3. The first-order valence-corrected chi connectivity index (χ1v) is 5.10. The SMILES string of the molecule is CCS(=O)(=O)NCCC(C)=O. The fraction of sp³-hybridized carbons (Fsp3) is 0.833. The van der Waals surface area contributed by atoms with Crippen molar-refractivity contribution in [1.82, 2.24) is 4.72 Å². The third kappa shape index (κ3) is 6.00. The van der Waals surface area contributed by atoms with Crippen molar-refractivity contribution in [2.75, 3.05) is 12.3 Å². The van der Waals surface area contributed by atoms with E-state index in [4.69, 9.17) is 0 Å². The Labute approximate surface area is 67.0 Å². The number of Topliss-reactive ketones (excluding diaryl/α,β-unsaturated/α-hetero) is 1. The number of nitrogens with one attached hydrogen (secondary N) is 1. The Bertz CT molecular complexity index is 220. The van der Waals surface area contributed by atoms with Crippen LogP contribution in [0.3, 0.4) is 0 Å². The standard InChI is InChI=1S/C6H13NO3S/c1-3-11(9,10)7-5-4-6(2)8/h7H,3-5H2,1-2H3. The summed E-state index contributed by atoms with van der Waals surface area (Å²) in [5.41, 5.74) is 0. The van der Waals surface area contributed by atoms with Gasteiger partial charge in [-0.1, -0.05) is 0 Å². The Morgan fingerprint density at radius 1 is 1.45 bits per heavy atom. The van der Waals surface area contributed by atoms with Crippen LogP contribution in [0.4, 0.5) is 0 Å². The molecule has 0 spiro atoms. The lowest BCUT2D eigenvalue weighted by atomic mass is 10.3. The maximum Gasteiger partial charge on any atom is 0.211 e. The topological polar surface area (TPSA) is 63.2 Å². The van der Waals surface area contributed by atoms with Crippen molar-refractivity contribution in [3.63, 3.8) is 0 Å². The summed E-state index contributed by atoms with van der Waals surface area (Å²) in [6, 6.07) is 0. The highest BCUT2D eigenvalue weighted by Gasteiger charge is 2.04. The fourth-order valence-corrected chi connectivity index (χ4v) is 1.10. The van der Waals surface area contributed by atoms with Crippen molar-refractivity contribution < 1.29 is 13.2 Å². The van der Waals surface area contributed by atoms with Gasteiger partial charge in [-0.25, -0.2) is 13.1 Å². The molecule has 0 aliphatic carbocycles. The molecule has 0 aliphatic heterocycles. The molecule has 0 radical (unpaired) electrons. The predicted molar refractivity (Wildman–Crippen MR) is 42.8 cm³/mol. The number of rotatable bonds is 5. The molecule has 66 valence electrons. The molecule has 0 amide bonds. The Morgan fingerprint density at radius 2 is 2.00 bits per heavy atom. The van der Waals surface area contributed by atoms with Gasteiger partial charge in [-0.05, 0) is 13.8 Å². The molecule has 0 unspecified atom stereocenters. The first-order chi connectivity index (χ1) is 4.98. The molecule has 0 aromatic rings. The van der Waals surface area contributed by atoms with Gasteiger partial charge in [-0.3, -0.25) is 4.79 Å². The van der Waals surface area contributed by atoms with Gasteiger partial charge in [-0.2, -0.15) is 0 Å². The Balaban J connectivity index is 3.63. The molecule has 0 aromatic carbocycles. The number of carbonyl (C=O) groups excluding carboxylic acids is 1. The lowest BCUT2D eigenvalue weighted by Gasteiger charge is -2.00. The van der Waals surface area contributed by atoms with E-state index in [9.17, 15) is 13.2 Å². The Morgan fingerprint density at radius 3 is 2.36 bits per heavy atom. The van der Waals surface area contributed by atoms with Crippen LogP contribution in [-0.2, 0) is 14.8 Å². The first-order valence-electron chi connectivity index (χ1n) is 3.44. The molecule has 0 saturated heterocycles. The molecule has 0 aliphatic rings. The van der Waals surface area contributed by atoms with Crippen LogP contribution < -0.4 is 4.72 Å². The summed E-state index contributed by atoms with van der Waals surface area (Å²) >= 11 is 0. The fourth-order valence-electron chi connectivity index (χ4n) is 0.485. The molecule has 0 heterocycles. The van der Waals surface area contributed by atoms with Crippen molar-refractivity contribution in [3.05, 3.63) is 0 Å². The van der Waals surface area contributed by atoms with E-state index in [-0.39, 0.29) is 24.5 Å². The highest BCUT2D eigenvalue weighted by atomic mass is 32.2. The summed E-state index contributed by atoms with van der Waals surface area (Å²) in [5, 5.41) is 0. The van der Waals surface area contributed by atoms with Crippen LogP contribution in [0.1, 0.15) is 20.3 Å². The van der Waals surface area contributed by atoms with Crippen LogP contribution in [0.5, 0.6) is 0 Å². The summed E-state index contributed by atoms with van der Waals surface area (Å²) < 4.78 is 23.8. The third-order valence-electron chi connectivity index (χ3n) is 1.18. The van der Waals surface area contributed by atoms with Crippen molar-refractivity contribution in [3.8, 4) is 0 Å². The molecule has 1 N–H and O–H groups in total. The van der Waals surface area contributed by atoms with E-state index in [1.165, 1.54) is 6.92 Å². The minimum Gasteiger partial charge on any atom is -0.300 e. The average Bonchev–Trinajstić information content (AvgIpc) is 1.87. The van der Waals surface area contributed by atoms with Gasteiger partial charge in [0, 0.05) is 13.0 Å². The summed E-state index contributed by atoms with van der Waals surface area (Å²) in [7, 11) is -3.12. The molecular weight excluding hydrogens is 166 g/mol. The zero-order valence-corrected chi connectivity index (χ0v) is 7.57. The largest absolute Gasteiger partial charge is 0.300 e. The minimum atomic E-state index is -3.12. The summed E-state index contributed by atoms with van der Waals surface area (Å²) in [6.07, 6.45) is 0.263. The van der Waals surface area contributed by atoms with Gasteiger partial charge in [-0.15, -0.1) is 0 Å². The van der Waals surface area contributed by atoms with Crippen LogP contribution in [0.2, 0.25) is 0 Å². The molecular formula is C6H13NO3S. The van der Waals surface area contributed by atoms with Crippen molar-refractivity contribution in [2.24, 2.45) is 0 Å². The average molecular weight is 179 g/mol. The second-order valence-corrected chi connectivity index (χ2v) is 4.35. The quantitative estimate of drug-likeness (QED) is 0.641. The van der Waals surface area contributed by atoms with E-state index in [0.717, 1.165) is 0 Å². The van der Waals surface area contributed by atoms with Crippen molar-refractivity contribution in [2.45, 2.75) is 20.3 Å². The molecule has 0 atom stereocenters. The van der Waals surface area contributed by atoms with Crippen molar-refractivity contribution in [1.29, 1.82) is 0 Å². The molecule has 0 saturated carbocycles. The maximum atomic E-state index is 10.8. The molecule has 11 heavy (non-hydrogen) atoms. The van der Waals surface area contributed by atoms with Gasteiger partial charge in [0.1, 0.15) is 5.78 Å². The first kappa shape index (κ1) is 10.6. The predicted octanol–water partition coefficient (Wildman–Crippen LogP) is -0.0952. The van der Waals surface area contributed by atoms with E-state index >= 15 is 0 Å². The van der Waals surface area contributed by atoms with Crippen LogP contribution in [0.15, 0.2) is 0 Å². The second-order valence-electron chi connectivity index (χ2n) is 2.25. The van der Waals surface area contributed by atoms with Gasteiger partial charge < -0.3 is 0 Å². The number of sulfonamides is 1. The Hall–Kier alpha value is -0.420. The number of carbonyl (C=O) groups is 1. The number of hydrogen-bond donors (Lipinski definition) is 1. The maximum absolute atomic E-state index is 10.8. The van der Waals surface area contributed by atoms with E-state index in [1.807, 2.05) is 0 Å². The van der Waals surface area contributed by atoms with E-state index < -0.39 is 10.0 Å². The van der Waals surface area contributed by atoms with E-state index in [2.05, 4.69) is 4.72 Å². The molecule has 0 rings (SSSR count). The monoisotopic (exact) mass is 179 g/mol. The Kier molecular flexibility index (Phi) is 4.29. The summed E-state index contributed by atoms with van der Waals surface area (Å²) in [6.45, 7) is 3.20. The lowest BCUT2D eigenvalue weighted by molar-refractivity contribution is -0.116. The molecule has 4 nitrogen and oxygen atoms in total. The third-order valence-corrected chi connectivity index (χ3v) is 2.58. The van der Waals surface area contributed by atoms with Crippen LogP contribution in [-0.4, -0.2) is 26.5 Å². The molecule has 0 fully saturated rings. The number of ketones is 1. The van der Waals surface area contributed by atoms with Gasteiger partial charge in [0.2, 0.25) is 10.0 Å².